The van der Waals surface area contributed by atoms with Gasteiger partial charge in [-0.15, -0.1) is 0 Å². The number of furan rings is 1. The lowest BCUT2D eigenvalue weighted by molar-refractivity contribution is 0.0603. The molecule has 1 aliphatic carbocycles. The van der Waals surface area contributed by atoms with E-state index in [0.29, 0.717) is 20.2 Å². The third-order valence-corrected chi connectivity index (χ3v) is 8.37. The molecular formula is C21H20FNO7S2. The molecule has 2 aromatic carbocycles. The van der Waals surface area contributed by atoms with E-state index in [0.717, 1.165) is 25.4 Å². The SMILES string of the molecule is COC(=O)c1c(-c2ccc(F)cc2)oc2cc(N(S(C)(=O)=O)S(C)(=O)=O)c(C3CC3)cc12. The predicted octanol–water partition coefficient (Wildman–Crippen LogP) is 3.63. The van der Waals surface area contributed by atoms with Crippen molar-refractivity contribution in [3.8, 4) is 11.3 Å². The first-order valence-electron chi connectivity index (χ1n) is 9.57. The van der Waals surface area contributed by atoms with E-state index in [1.54, 1.807) is 6.07 Å². The lowest BCUT2D eigenvalue weighted by atomic mass is 10.0. The molecule has 1 fully saturated rings. The summed E-state index contributed by atoms with van der Waals surface area (Å²) in [6.45, 7) is 0. The summed E-state index contributed by atoms with van der Waals surface area (Å²) in [6.07, 6.45) is 3.11. The van der Waals surface area contributed by atoms with Crippen molar-refractivity contribution in [2.24, 2.45) is 0 Å². The molecule has 0 atom stereocenters. The summed E-state index contributed by atoms with van der Waals surface area (Å²) in [7, 11) is -7.16. The topological polar surface area (TPSA) is 111 Å². The molecule has 0 spiro atoms. The monoisotopic (exact) mass is 481 g/mol. The van der Waals surface area contributed by atoms with Gasteiger partial charge in [-0.05, 0) is 54.7 Å². The van der Waals surface area contributed by atoms with Gasteiger partial charge in [0.05, 0.1) is 25.3 Å². The van der Waals surface area contributed by atoms with Gasteiger partial charge in [0.2, 0.25) is 20.0 Å². The number of hydrogen-bond acceptors (Lipinski definition) is 7. The number of ether oxygens (including phenoxy) is 1. The summed E-state index contributed by atoms with van der Waals surface area (Å²) in [4.78, 5) is 12.6. The van der Waals surface area contributed by atoms with Crippen LogP contribution in [-0.2, 0) is 24.8 Å². The van der Waals surface area contributed by atoms with Gasteiger partial charge in [-0.1, -0.05) is 0 Å². The summed E-state index contributed by atoms with van der Waals surface area (Å²) in [5.74, 6) is -1.12. The van der Waals surface area contributed by atoms with Crippen LogP contribution in [0, 0.1) is 5.82 Å². The minimum atomic E-state index is -4.18. The minimum Gasteiger partial charge on any atom is -0.465 e. The van der Waals surface area contributed by atoms with Crippen LogP contribution in [0.4, 0.5) is 10.1 Å². The van der Waals surface area contributed by atoms with Crippen molar-refractivity contribution in [2.45, 2.75) is 18.8 Å². The van der Waals surface area contributed by atoms with Gasteiger partial charge in [0.1, 0.15) is 22.7 Å². The molecule has 0 unspecified atom stereocenters. The summed E-state index contributed by atoms with van der Waals surface area (Å²) >= 11 is 0. The zero-order valence-electron chi connectivity index (χ0n) is 17.5. The Hall–Kier alpha value is -2.92. The lowest BCUT2D eigenvalue weighted by Gasteiger charge is -2.22. The molecule has 8 nitrogen and oxygen atoms in total. The van der Waals surface area contributed by atoms with Gasteiger partial charge in [-0.25, -0.2) is 26.0 Å². The van der Waals surface area contributed by atoms with E-state index in [1.807, 2.05) is 0 Å². The predicted molar refractivity (Wildman–Crippen MR) is 117 cm³/mol. The van der Waals surface area contributed by atoms with E-state index in [1.165, 1.54) is 37.4 Å². The number of hydrogen-bond donors (Lipinski definition) is 0. The molecule has 170 valence electrons. The van der Waals surface area contributed by atoms with Crippen molar-refractivity contribution in [1.82, 2.24) is 0 Å². The van der Waals surface area contributed by atoms with Gasteiger partial charge < -0.3 is 9.15 Å². The van der Waals surface area contributed by atoms with Crippen LogP contribution < -0.4 is 3.71 Å². The van der Waals surface area contributed by atoms with E-state index >= 15 is 0 Å². The van der Waals surface area contributed by atoms with E-state index in [-0.39, 0.29) is 28.5 Å². The molecule has 0 saturated heterocycles. The van der Waals surface area contributed by atoms with Crippen LogP contribution in [-0.4, -0.2) is 42.4 Å². The first-order valence-corrected chi connectivity index (χ1v) is 13.3. The molecule has 0 radical (unpaired) electrons. The summed E-state index contributed by atoms with van der Waals surface area (Å²) in [6, 6.07) is 8.17. The molecule has 0 bridgehead atoms. The van der Waals surface area contributed by atoms with Crippen LogP contribution in [0.1, 0.15) is 34.7 Å². The fraction of sp³-hybridized carbons (Fsp3) is 0.286. The van der Waals surface area contributed by atoms with Crippen molar-refractivity contribution in [3.05, 3.63) is 53.3 Å². The quantitative estimate of drug-likeness (QED) is 0.494. The Bertz CT molecular complexity index is 1410. The normalized spacial score (nSPS) is 14.5. The number of esters is 1. The van der Waals surface area contributed by atoms with E-state index in [2.05, 4.69) is 0 Å². The van der Waals surface area contributed by atoms with Crippen molar-refractivity contribution >= 4 is 42.7 Å². The first kappa shape index (κ1) is 22.3. The first-order chi connectivity index (χ1) is 14.9. The number of nitrogens with zero attached hydrogens (tertiary/aromatic N) is 1. The van der Waals surface area contributed by atoms with Crippen molar-refractivity contribution in [2.75, 3.05) is 23.3 Å². The Kier molecular flexibility index (Phi) is 5.29. The average molecular weight is 482 g/mol. The second kappa shape index (κ2) is 7.59. The van der Waals surface area contributed by atoms with E-state index < -0.39 is 31.8 Å². The Morgan fingerprint density at radius 3 is 2.16 bits per heavy atom. The molecule has 1 aliphatic rings. The second-order valence-corrected chi connectivity index (χ2v) is 11.6. The van der Waals surface area contributed by atoms with Gasteiger partial charge in [0.15, 0.2) is 0 Å². The second-order valence-electron chi connectivity index (χ2n) is 7.71. The van der Waals surface area contributed by atoms with Crippen LogP contribution in [0.15, 0.2) is 40.8 Å². The number of carbonyl (C=O) groups is 1. The van der Waals surface area contributed by atoms with Gasteiger partial charge in [-0.3, -0.25) is 0 Å². The number of benzene rings is 2. The molecule has 3 aromatic rings. The highest BCUT2D eigenvalue weighted by Crippen LogP contribution is 2.48. The standard InChI is InChI=1S/C21H20FNO7S2/c1-29-21(24)19-16-10-15(12-4-5-12)17(23(31(2,25)26)32(3,27)28)11-18(16)30-20(19)13-6-8-14(22)9-7-13/h6-12H,4-5H2,1-3H3. The largest absolute Gasteiger partial charge is 0.465 e. The molecule has 0 aliphatic heterocycles. The van der Waals surface area contributed by atoms with Gasteiger partial charge in [-0.2, -0.15) is 3.71 Å². The van der Waals surface area contributed by atoms with Crippen molar-refractivity contribution in [3.63, 3.8) is 0 Å². The Balaban J connectivity index is 2.06. The fourth-order valence-electron chi connectivity index (χ4n) is 3.74. The van der Waals surface area contributed by atoms with Crippen LogP contribution in [0.5, 0.6) is 0 Å². The highest BCUT2D eigenvalue weighted by atomic mass is 32.3. The Morgan fingerprint density at radius 2 is 1.66 bits per heavy atom. The number of halogens is 1. The molecule has 32 heavy (non-hydrogen) atoms. The Morgan fingerprint density at radius 1 is 1.06 bits per heavy atom. The molecule has 1 heterocycles. The van der Waals surface area contributed by atoms with E-state index in [9.17, 15) is 26.0 Å². The third kappa shape index (κ3) is 3.97. The van der Waals surface area contributed by atoms with Crippen molar-refractivity contribution in [1.29, 1.82) is 0 Å². The summed E-state index contributed by atoms with van der Waals surface area (Å²) in [5, 5.41) is 0.351. The van der Waals surface area contributed by atoms with Crippen LogP contribution in [0.2, 0.25) is 0 Å². The smallest absolute Gasteiger partial charge is 0.342 e. The number of rotatable bonds is 6. The fourth-order valence-corrected chi connectivity index (χ4v) is 6.74. The van der Waals surface area contributed by atoms with E-state index in [4.69, 9.17) is 9.15 Å². The molecule has 0 amide bonds. The van der Waals surface area contributed by atoms with Gasteiger partial charge >= 0.3 is 5.97 Å². The maximum Gasteiger partial charge on any atom is 0.342 e. The third-order valence-electron chi connectivity index (χ3n) is 5.15. The maximum absolute atomic E-state index is 13.4. The van der Waals surface area contributed by atoms with Crippen LogP contribution >= 0.6 is 0 Å². The van der Waals surface area contributed by atoms with Crippen LogP contribution in [0.25, 0.3) is 22.3 Å². The molecule has 4 rings (SSSR count). The highest BCUT2D eigenvalue weighted by Gasteiger charge is 2.36. The number of carbonyl (C=O) groups excluding carboxylic acids is 1. The molecular weight excluding hydrogens is 461 g/mol. The zero-order valence-corrected chi connectivity index (χ0v) is 19.1. The highest BCUT2D eigenvalue weighted by molar-refractivity contribution is 8.09. The van der Waals surface area contributed by atoms with Crippen LogP contribution in [0.3, 0.4) is 0 Å². The zero-order chi connectivity index (χ0) is 23.4. The number of methoxy groups -OCH3 is 1. The average Bonchev–Trinajstić information content (AvgIpc) is 3.46. The molecule has 11 heteroatoms. The number of anilines is 1. The molecule has 0 N–H and O–H groups in total. The number of sulfonamides is 2. The Labute approximate surface area is 184 Å². The molecule has 1 aromatic heterocycles. The maximum atomic E-state index is 13.4. The summed E-state index contributed by atoms with van der Waals surface area (Å²) in [5.41, 5.74) is 1.03. The summed E-state index contributed by atoms with van der Waals surface area (Å²) < 4.78 is 74.2. The number of fused-ring (bicyclic) bond motifs is 1. The molecule has 1 saturated carbocycles. The van der Waals surface area contributed by atoms with Gasteiger partial charge in [0, 0.05) is 17.0 Å². The van der Waals surface area contributed by atoms with Gasteiger partial charge in [0.25, 0.3) is 0 Å². The lowest BCUT2D eigenvalue weighted by Crippen LogP contribution is -2.35. The minimum absolute atomic E-state index is 0.0409. The van der Waals surface area contributed by atoms with Crippen molar-refractivity contribution < 1.29 is 35.2 Å².